The molecule has 10 aromatic rings. The average Bonchev–Trinajstić information content (AvgIpc) is 3.80. The molecule has 0 radical (unpaired) electrons. The highest BCUT2D eigenvalue weighted by atomic mass is 32.1. The summed E-state index contributed by atoms with van der Waals surface area (Å²) in [5, 5.41) is 2.48. The number of nitrogens with zero attached hydrogens (tertiary/aromatic N) is 3. The normalized spacial score (nSPS) is 12.8. The largest absolute Gasteiger partial charge is 0.208 e. The summed E-state index contributed by atoms with van der Waals surface area (Å²) in [7, 11) is 0. The summed E-state index contributed by atoms with van der Waals surface area (Å²) in [4.78, 5) is 14.9. The molecule has 56 heavy (non-hydrogen) atoms. The second kappa shape index (κ2) is 13.1. The summed E-state index contributed by atoms with van der Waals surface area (Å²) >= 11 is 1.81. The first-order chi connectivity index (χ1) is 27.8. The van der Waals surface area contributed by atoms with Crippen LogP contribution in [0.5, 0.6) is 0 Å². The van der Waals surface area contributed by atoms with E-state index in [0.29, 0.717) is 17.5 Å². The predicted molar refractivity (Wildman–Crippen MR) is 232 cm³/mol. The fraction of sp³-hybridized carbons (Fsp3) is 0.0192. The Morgan fingerprint density at radius 1 is 0.339 bits per heavy atom. The lowest BCUT2D eigenvalue weighted by Crippen LogP contribution is -2.28. The van der Waals surface area contributed by atoms with E-state index in [1.54, 1.807) is 0 Å². The Kier molecular flexibility index (Phi) is 7.58. The van der Waals surface area contributed by atoms with Crippen molar-refractivity contribution in [2.75, 3.05) is 0 Å². The highest BCUT2D eigenvalue weighted by Crippen LogP contribution is 2.58. The van der Waals surface area contributed by atoms with Crippen molar-refractivity contribution in [2.45, 2.75) is 5.41 Å². The van der Waals surface area contributed by atoms with Crippen LogP contribution < -0.4 is 0 Å². The van der Waals surface area contributed by atoms with Crippen molar-refractivity contribution < 1.29 is 0 Å². The molecule has 2 heterocycles. The molecule has 2 aromatic heterocycles. The van der Waals surface area contributed by atoms with E-state index in [1.807, 2.05) is 72.0 Å². The van der Waals surface area contributed by atoms with Gasteiger partial charge in [-0.25, -0.2) is 15.0 Å². The quantitative estimate of drug-likeness (QED) is 0.171. The van der Waals surface area contributed by atoms with Gasteiger partial charge in [0.05, 0.1) is 5.41 Å². The molecular formula is C52H33N3S. The number of benzene rings is 8. The van der Waals surface area contributed by atoms with E-state index >= 15 is 0 Å². The zero-order valence-electron chi connectivity index (χ0n) is 30.3. The van der Waals surface area contributed by atoms with Crippen molar-refractivity contribution in [1.82, 2.24) is 15.0 Å². The maximum absolute atomic E-state index is 5.00. The molecule has 0 saturated heterocycles. The molecular weight excluding hydrogens is 699 g/mol. The second-order valence-electron chi connectivity index (χ2n) is 14.3. The van der Waals surface area contributed by atoms with Crippen LogP contribution in [0.4, 0.5) is 0 Å². The third kappa shape index (κ3) is 5.07. The summed E-state index contributed by atoms with van der Waals surface area (Å²) in [6.45, 7) is 0. The van der Waals surface area contributed by atoms with Gasteiger partial charge in [-0.1, -0.05) is 182 Å². The molecule has 0 aliphatic heterocycles. The molecule has 3 nitrogen and oxygen atoms in total. The fourth-order valence-corrected chi connectivity index (χ4v) is 9.88. The number of hydrogen-bond acceptors (Lipinski definition) is 4. The topological polar surface area (TPSA) is 38.7 Å². The van der Waals surface area contributed by atoms with Gasteiger partial charge in [0.2, 0.25) is 0 Å². The Morgan fingerprint density at radius 2 is 0.857 bits per heavy atom. The van der Waals surface area contributed by atoms with Gasteiger partial charge in [0.15, 0.2) is 17.5 Å². The third-order valence-electron chi connectivity index (χ3n) is 11.2. The standard InChI is InChI=1S/C52H33N3S/c1-5-16-34(17-6-1)49-53-50(35-18-7-2-8-19-35)55-51(54-49)37-28-30-41-43-32-36(29-31-46(43)56-47(41)33-37)40-25-15-27-45-48(40)42-24-13-14-26-44(42)52(45,38-20-9-3-10-21-38)39-22-11-4-12-23-39/h1-33H. The predicted octanol–water partition coefficient (Wildman–Crippen LogP) is 13.3. The summed E-state index contributed by atoms with van der Waals surface area (Å²) in [6.07, 6.45) is 0. The molecule has 0 saturated carbocycles. The molecule has 8 aromatic carbocycles. The van der Waals surface area contributed by atoms with E-state index in [2.05, 4.69) is 140 Å². The fourth-order valence-electron chi connectivity index (χ4n) is 8.76. The minimum Gasteiger partial charge on any atom is -0.208 e. The zero-order valence-corrected chi connectivity index (χ0v) is 31.1. The van der Waals surface area contributed by atoms with Gasteiger partial charge in [-0.3, -0.25) is 0 Å². The summed E-state index contributed by atoms with van der Waals surface area (Å²) in [5.41, 5.74) is 12.7. The van der Waals surface area contributed by atoms with Crippen LogP contribution in [0, 0.1) is 0 Å². The van der Waals surface area contributed by atoms with Gasteiger partial charge in [-0.15, -0.1) is 11.3 Å². The summed E-state index contributed by atoms with van der Waals surface area (Å²) in [6, 6.07) is 71.8. The Labute approximate surface area is 329 Å². The van der Waals surface area contributed by atoms with Gasteiger partial charge in [-0.05, 0) is 62.7 Å². The van der Waals surface area contributed by atoms with Crippen LogP contribution in [0.2, 0.25) is 0 Å². The lowest BCUT2D eigenvalue weighted by molar-refractivity contribution is 0.768. The van der Waals surface area contributed by atoms with Crippen LogP contribution >= 0.6 is 11.3 Å². The smallest absolute Gasteiger partial charge is 0.164 e. The molecule has 0 spiro atoms. The van der Waals surface area contributed by atoms with Crippen LogP contribution in [0.15, 0.2) is 200 Å². The van der Waals surface area contributed by atoms with Gasteiger partial charge >= 0.3 is 0 Å². The SMILES string of the molecule is c1ccc(-c2nc(-c3ccccc3)nc(-c3ccc4c(c3)sc3ccc(-c5cccc6c5-c5ccccc5C6(c5ccccc5)c5ccccc5)cc34)n2)cc1. The zero-order chi connectivity index (χ0) is 37.1. The first kappa shape index (κ1) is 32.4. The molecule has 0 atom stereocenters. The monoisotopic (exact) mass is 731 g/mol. The molecule has 262 valence electrons. The van der Waals surface area contributed by atoms with E-state index in [-0.39, 0.29) is 0 Å². The molecule has 0 unspecified atom stereocenters. The van der Waals surface area contributed by atoms with E-state index in [4.69, 9.17) is 15.0 Å². The van der Waals surface area contributed by atoms with Crippen molar-refractivity contribution in [1.29, 1.82) is 0 Å². The van der Waals surface area contributed by atoms with Gasteiger partial charge < -0.3 is 0 Å². The number of aromatic nitrogens is 3. The summed E-state index contributed by atoms with van der Waals surface area (Å²) in [5.74, 6) is 1.99. The van der Waals surface area contributed by atoms with Crippen LogP contribution in [0.1, 0.15) is 22.3 Å². The van der Waals surface area contributed by atoms with Crippen molar-refractivity contribution in [3.05, 3.63) is 222 Å². The number of fused-ring (bicyclic) bond motifs is 6. The van der Waals surface area contributed by atoms with Crippen LogP contribution in [0.25, 0.3) is 76.6 Å². The van der Waals surface area contributed by atoms with Crippen LogP contribution in [0.3, 0.4) is 0 Å². The molecule has 0 fully saturated rings. The van der Waals surface area contributed by atoms with Crippen LogP contribution in [-0.2, 0) is 5.41 Å². The van der Waals surface area contributed by atoms with Gasteiger partial charge in [-0.2, -0.15) is 0 Å². The van der Waals surface area contributed by atoms with Crippen molar-refractivity contribution in [3.63, 3.8) is 0 Å². The number of thiophene rings is 1. The molecule has 1 aliphatic rings. The first-order valence-corrected chi connectivity index (χ1v) is 19.8. The van der Waals surface area contributed by atoms with Crippen molar-refractivity contribution in [3.8, 4) is 56.4 Å². The van der Waals surface area contributed by atoms with E-state index in [1.165, 1.54) is 64.7 Å². The minimum atomic E-state index is -0.435. The second-order valence-corrected chi connectivity index (χ2v) is 15.4. The van der Waals surface area contributed by atoms with Gasteiger partial charge in [0, 0.05) is 36.9 Å². The lowest BCUT2D eigenvalue weighted by atomic mass is 9.67. The number of hydrogen-bond donors (Lipinski definition) is 0. The van der Waals surface area contributed by atoms with Crippen molar-refractivity contribution >= 4 is 31.5 Å². The Morgan fingerprint density at radius 3 is 1.50 bits per heavy atom. The maximum Gasteiger partial charge on any atom is 0.164 e. The minimum absolute atomic E-state index is 0.435. The van der Waals surface area contributed by atoms with Gasteiger partial charge in [0.25, 0.3) is 0 Å². The third-order valence-corrected chi connectivity index (χ3v) is 12.4. The highest BCUT2D eigenvalue weighted by molar-refractivity contribution is 7.25. The van der Waals surface area contributed by atoms with E-state index < -0.39 is 5.41 Å². The van der Waals surface area contributed by atoms with Gasteiger partial charge in [0.1, 0.15) is 0 Å². The first-order valence-electron chi connectivity index (χ1n) is 18.9. The molecule has 1 aliphatic carbocycles. The molecule has 0 amide bonds. The Hall–Kier alpha value is -7.01. The maximum atomic E-state index is 5.00. The molecule has 0 N–H and O–H groups in total. The van der Waals surface area contributed by atoms with Crippen molar-refractivity contribution in [2.24, 2.45) is 0 Å². The lowest BCUT2D eigenvalue weighted by Gasteiger charge is -2.34. The van der Waals surface area contributed by atoms with E-state index in [0.717, 1.165) is 16.7 Å². The van der Waals surface area contributed by atoms with Crippen LogP contribution in [-0.4, -0.2) is 15.0 Å². The molecule has 0 bridgehead atoms. The Bertz CT molecular complexity index is 2970. The average molecular weight is 732 g/mol. The molecule has 11 rings (SSSR count). The summed E-state index contributed by atoms with van der Waals surface area (Å²) < 4.78 is 2.45. The van der Waals surface area contributed by atoms with E-state index in [9.17, 15) is 0 Å². The highest BCUT2D eigenvalue weighted by Gasteiger charge is 2.46. The number of rotatable bonds is 6. The molecule has 4 heteroatoms. The Balaban J connectivity index is 1.06.